The number of phenols is 1. The molecule has 7 heteroatoms. The lowest BCUT2D eigenvalue weighted by atomic mass is 9.69. The van der Waals surface area contributed by atoms with Crippen LogP contribution in [0.3, 0.4) is 0 Å². The van der Waals surface area contributed by atoms with E-state index in [2.05, 4.69) is 4.85 Å². The van der Waals surface area contributed by atoms with Crippen LogP contribution in [0, 0.1) is 24.1 Å². The summed E-state index contributed by atoms with van der Waals surface area (Å²) in [6, 6.07) is 7.78. The molecule has 4 nitrogen and oxygen atoms in total. The molecule has 0 amide bonds. The number of hydrogen-bond donors (Lipinski definition) is 1. The molecular weight excluding hydrogens is 372 g/mol. The smallest absolute Gasteiger partial charge is 0.284 e. The highest BCUT2D eigenvalue weighted by Crippen LogP contribution is 2.63. The summed E-state index contributed by atoms with van der Waals surface area (Å²) in [6.07, 6.45) is 0.818. The molecule has 2 unspecified atom stereocenters. The summed E-state index contributed by atoms with van der Waals surface area (Å²) in [5, 5.41) is 9.60. The van der Waals surface area contributed by atoms with E-state index in [9.17, 15) is 18.1 Å². The molecule has 4 aliphatic rings. The maximum atomic E-state index is 15.0. The third-order valence-electron chi connectivity index (χ3n) is 6.13. The van der Waals surface area contributed by atoms with Crippen molar-refractivity contribution in [3.05, 3.63) is 58.4 Å². The molecule has 2 bridgehead atoms. The molecule has 0 radical (unpaired) electrons. The number of halogens is 2. The second kappa shape index (κ2) is 5.23. The topological polar surface area (TPSA) is 50.9 Å². The molecule has 2 aromatic carbocycles. The molecule has 3 heterocycles. The van der Waals surface area contributed by atoms with Gasteiger partial charge in [-0.1, -0.05) is 4.85 Å². The number of benzene rings is 2. The van der Waals surface area contributed by atoms with Crippen LogP contribution < -0.4 is 4.74 Å². The van der Waals surface area contributed by atoms with Crippen molar-refractivity contribution in [1.82, 2.24) is 0 Å². The SMILES string of the molecule is C#[N+][C@@H]1CC2=S(=O)(c3ccc(O)cc3)[C@]3(C2)c2c(F)ccc(F)c2OCC13. The van der Waals surface area contributed by atoms with E-state index >= 15 is 0 Å². The van der Waals surface area contributed by atoms with Crippen LogP contribution in [0.15, 0.2) is 41.3 Å². The van der Waals surface area contributed by atoms with Gasteiger partial charge in [0.1, 0.15) is 18.2 Å². The zero-order valence-electron chi connectivity index (χ0n) is 14.2. The quantitative estimate of drug-likeness (QED) is 0.761. The third-order valence-corrected chi connectivity index (χ3v) is 9.87. The fourth-order valence-electron chi connectivity index (χ4n) is 4.97. The maximum absolute atomic E-state index is 15.0. The van der Waals surface area contributed by atoms with Gasteiger partial charge in [-0.2, -0.15) is 0 Å². The molecule has 0 saturated heterocycles. The number of ether oxygens (including phenoxy) is 1. The van der Waals surface area contributed by atoms with Gasteiger partial charge in [0.2, 0.25) is 0 Å². The Hall–Kier alpha value is -2.59. The van der Waals surface area contributed by atoms with Crippen LogP contribution in [-0.4, -0.2) is 26.8 Å². The van der Waals surface area contributed by atoms with E-state index in [1.807, 2.05) is 0 Å². The van der Waals surface area contributed by atoms with E-state index < -0.39 is 31.8 Å². The molecule has 1 saturated carbocycles. The van der Waals surface area contributed by atoms with Gasteiger partial charge in [-0.15, -0.1) is 0 Å². The Labute approximate surface area is 155 Å². The van der Waals surface area contributed by atoms with Crippen LogP contribution in [0.5, 0.6) is 11.5 Å². The third kappa shape index (κ3) is 1.79. The van der Waals surface area contributed by atoms with Crippen molar-refractivity contribution < 1.29 is 22.8 Å². The molecule has 4 atom stereocenters. The first-order valence-electron chi connectivity index (χ1n) is 8.62. The Bertz CT molecular complexity index is 1150. The van der Waals surface area contributed by atoms with Gasteiger partial charge in [0.05, 0.1) is 22.6 Å². The van der Waals surface area contributed by atoms with E-state index in [1.54, 1.807) is 12.1 Å². The predicted molar refractivity (Wildman–Crippen MR) is 97.9 cm³/mol. The van der Waals surface area contributed by atoms with Crippen molar-refractivity contribution in [3.8, 4) is 18.1 Å². The van der Waals surface area contributed by atoms with Crippen LogP contribution >= 0.6 is 0 Å². The lowest BCUT2D eigenvalue weighted by Crippen LogP contribution is -2.65. The van der Waals surface area contributed by atoms with Gasteiger partial charge >= 0.3 is 0 Å². The fraction of sp³-hybridized carbons (Fsp3) is 0.300. The number of hydrogen-bond acceptors (Lipinski definition) is 3. The zero-order valence-corrected chi connectivity index (χ0v) is 15.0. The number of rotatable bonds is 1. The second-order valence-corrected chi connectivity index (χ2v) is 10.1. The zero-order chi connectivity index (χ0) is 19.0. The van der Waals surface area contributed by atoms with Crippen LogP contribution in [-0.2, 0) is 14.3 Å². The fourth-order valence-corrected chi connectivity index (χ4v) is 8.85. The molecule has 1 N–H and O–H groups in total. The summed E-state index contributed by atoms with van der Waals surface area (Å²) >= 11 is 0. The van der Waals surface area contributed by atoms with Crippen LogP contribution in [0.4, 0.5) is 8.78 Å². The van der Waals surface area contributed by atoms with E-state index in [0.717, 1.165) is 17.0 Å². The van der Waals surface area contributed by atoms with Crippen LogP contribution in [0.2, 0.25) is 0 Å². The van der Waals surface area contributed by atoms with E-state index in [4.69, 9.17) is 11.3 Å². The van der Waals surface area contributed by atoms with Crippen molar-refractivity contribution in [3.63, 3.8) is 0 Å². The summed E-state index contributed by atoms with van der Waals surface area (Å²) in [5.74, 6) is -1.87. The maximum Gasteiger partial charge on any atom is 0.284 e. The molecule has 138 valence electrons. The van der Waals surface area contributed by atoms with Crippen molar-refractivity contribution >= 4 is 14.4 Å². The largest absolute Gasteiger partial charge is 0.508 e. The summed E-state index contributed by atoms with van der Waals surface area (Å²) in [7, 11) is -2.88. The van der Waals surface area contributed by atoms with Gasteiger partial charge in [0.25, 0.3) is 12.6 Å². The van der Waals surface area contributed by atoms with Gasteiger partial charge in [0.15, 0.2) is 11.6 Å². The molecule has 27 heavy (non-hydrogen) atoms. The van der Waals surface area contributed by atoms with Crippen molar-refractivity contribution in [2.45, 2.75) is 28.5 Å². The number of aromatic hydroxyl groups is 1. The van der Waals surface area contributed by atoms with Crippen molar-refractivity contribution in [2.75, 3.05) is 6.61 Å². The number of phenolic OH excluding ortho intramolecular Hbond substituents is 1. The molecule has 1 aliphatic carbocycles. The average Bonchev–Trinajstić information content (AvgIpc) is 2.69. The number of nitrogens with zero attached hydrogens (tertiary/aromatic N) is 1. The molecule has 2 aromatic rings. The molecule has 1 fully saturated rings. The first kappa shape index (κ1) is 16.6. The Morgan fingerprint density at radius 2 is 1.89 bits per heavy atom. The summed E-state index contributed by atoms with van der Waals surface area (Å²) in [4.78, 5) is 5.17. The van der Waals surface area contributed by atoms with E-state index in [0.29, 0.717) is 17.7 Å². The molecule has 1 spiro atoms. The molecule has 3 aliphatic heterocycles. The highest BCUT2D eigenvalue weighted by molar-refractivity contribution is 8.05. The minimum atomic E-state index is -2.88. The highest BCUT2D eigenvalue weighted by Gasteiger charge is 2.69. The first-order chi connectivity index (χ1) is 12.9. The van der Waals surface area contributed by atoms with Crippen LogP contribution in [0.25, 0.3) is 4.85 Å². The predicted octanol–water partition coefficient (Wildman–Crippen LogP) is 3.53. The van der Waals surface area contributed by atoms with Gasteiger partial charge in [-0.05, 0) is 47.7 Å². The number of fused-ring (bicyclic) bond motifs is 2. The Morgan fingerprint density at radius 3 is 2.59 bits per heavy atom. The monoisotopic (exact) mass is 388 g/mol. The van der Waals surface area contributed by atoms with E-state index in [-0.39, 0.29) is 29.7 Å². The Kier molecular flexibility index (Phi) is 3.21. The summed E-state index contributed by atoms with van der Waals surface area (Å²) in [6.45, 7) is 5.66. The lowest BCUT2D eigenvalue weighted by molar-refractivity contribution is 0.142. The second-order valence-electron chi connectivity index (χ2n) is 7.23. The van der Waals surface area contributed by atoms with Crippen molar-refractivity contribution in [2.24, 2.45) is 5.92 Å². The molecule has 0 aromatic heterocycles. The average molecular weight is 388 g/mol. The highest BCUT2D eigenvalue weighted by atomic mass is 32.2. The van der Waals surface area contributed by atoms with Gasteiger partial charge < -0.3 is 9.84 Å². The standard InChI is InChI=1S/C20H15F2NO3S/c1-23-17-8-13-9-20(27(13,25)12-4-2-11(24)3-5-12)14(17)10-26-19-16(22)7-6-15(21)18(19)20/h1-7,14,17H,8-10H2/p+1/t14?,17-,20+,27?/m1/s1. The summed E-state index contributed by atoms with van der Waals surface area (Å²) in [5.41, 5.74) is 0.0222. The minimum Gasteiger partial charge on any atom is -0.508 e. The van der Waals surface area contributed by atoms with Gasteiger partial charge in [0, 0.05) is 14.4 Å². The molecular formula is C20H16F2NO3S+. The van der Waals surface area contributed by atoms with E-state index in [1.165, 1.54) is 12.1 Å². The Morgan fingerprint density at radius 1 is 1.19 bits per heavy atom. The molecule has 6 rings (SSSR count). The van der Waals surface area contributed by atoms with Gasteiger partial charge in [-0.25, -0.2) is 8.78 Å². The normalized spacial score (nSPS) is 33.1. The van der Waals surface area contributed by atoms with Crippen molar-refractivity contribution in [1.29, 1.82) is 0 Å². The van der Waals surface area contributed by atoms with Crippen LogP contribution in [0.1, 0.15) is 18.4 Å². The van der Waals surface area contributed by atoms with Gasteiger partial charge in [-0.3, -0.25) is 4.21 Å². The summed E-state index contributed by atoms with van der Waals surface area (Å²) < 4.78 is 48.2. The lowest BCUT2D eigenvalue weighted by Gasteiger charge is -2.57. The minimum absolute atomic E-state index is 0.0222. The Balaban J connectivity index is 1.87. The first-order valence-corrected chi connectivity index (χ1v) is 10.2.